The van der Waals surface area contributed by atoms with Crippen LogP contribution in [0, 0.1) is 17.8 Å². The summed E-state index contributed by atoms with van der Waals surface area (Å²) >= 11 is 0. The van der Waals surface area contributed by atoms with E-state index >= 15 is 0 Å². The second kappa shape index (κ2) is 4.27. The molecule has 0 bridgehead atoms. The van der Waals surface area contributed by atoms with Gasteiger partial charge in [-0.25, -0.2) is 0 Å². The van der Waals surface area contributed by atoms with Crippen molar-refractivity contribution in [2.45, 2.75) is 52.6 Å². The first-order valence-electron chi connectivity index (χ1n) is 5.33. The molecule has 1 aliphatic rings. The second-order valence-electron chi connectivity index (χ2n) is 4.51. The number of hydrogen-bond donors (Lipinski definition) is 1. The van der Waals surface area contributed by atoms with Crippen LogP contribution in [0.3, 0.4) is 0 Å². The molecule has 12 heavy (non-hydrogen) atoms. The molecule has 1 heteroatoms. The van der Waals surface area contributed by atoms with Crippen LogP contribution in [0.15, 0.2) is 0 Å². The molecule has 0 amide bonds. The van der Waals surface area contributed by atoms with Crippen molar-refractivity contribution in [1.29, 1.82) is 0 Å². The Balaban J connectivity index is 2.47. The molecule has 1 rings (SSSR count). The van der Waals surface area contributed by atoms with E-state index in [9.17, 15) is 5.11 Å². The second-order valence-corrected chi connectivity index (χ2v) is 4.51. The molecule has 4 unspecified atom stereocenters. The maximum absolute atomic E-state index is 9.59. The van der Waals surface area contributed by atoms with Crippen LogP contribution in [0.25, 0.3) is 0 Å². The van der Waals surface area contributed by atoms with Crippen molar-refractivity contribution in [3.05, 3.63) is 0 Å². The first kappa shape index (κ1) is 10.0. The van der Waals surface area contributed by atoms with Crippen molar-refractivity contribution in [1.82, 2.24) is 0 Å². The Morgan fingerprint density at radius 1 is 1.25 bits per heavy atom. The van der Waals surface area contributed by atoms with Gasteiger partial charge in [-0.05, 0) is 30.6 Å². The Morgan fingerprint density at radius 3 is 2.50 bits per heavy atom. The molecule has 0 heterocycles. The van der Waals surface area contributed by atoms with Crippen LogP contribution < -0.4 is 0 Å². The predicted octanol–water partition coefficient (Wildman–Crippen LogP) is 2.83. The summed E-state index contributed by atoms with van der Waals surface area (Å²) in [5.74, 6) is 2.30. The van der Waals surface area contributed by atoms with Crippen LogP contribution in [-0.4, -0.2) is 11.2 Å². The van der Waals surface area contributed by atoms with Gasteiger partial charge in [0.15, 0.2) is 0 Å². The average Bonchev–Trinajstić information content (AvgIpc) is 2.00. The molecule has 0 radical (unpaired) electrons. The van der Waals surface area contributed by atoms with Crippen LogP contribution >= 0.6 is 0 Å². The Hall–Kier alpha value is -0.0400. The zero-order chi connectivity index (χ0) is 9.14. The zero-order valence-corrected chi connectivity index (χ0v) is 8.59. The molecule has 1 aliphatic carbocycles. The van der Waals surface area contributed by atoms with Crippen LogP contribution in [0.1, 0.15) is 46.5 Å². The molecule has 0 spiro atoms. The van der Waals surface area contributed by atoms with Crippen molar-refractivity contribution in [3.8, 4) is 0 Å². The van der Waals surface area contributed by atoms with E-state index in [4.69, 9.17) is 0 Å². The van der Waals surface area contributed by atoms with Gasteiger partial charge in [0.2, 0.25) is 0 Å². The Morgan fingerprint density at radius 2 is 1.92 bits per heavy atom. The maximum atomic E-state index is 9.59. The normalized spacial score (nSPS) is 43.0. The minimum absolute atomic E-state index is 0.0206. The fourth-order valence-corrected chi connectivity index (χ4v) is 2.52. The van der Waals surface area contributed by atoms with E-state index in [1.165, 1.54) is 12.8 Å². The van der Waals surface area contributed by atoms with E-state index in [0.29, 0.717) is 5.92 Å². The van der Waals surface area contributed by atoms with E-state index in [-0.39, 0.29) is 6.10 Å². The largest absolute Gasteiger partial charge is 0.393 e. The lowest BCUT2D eigenvalue weighted by molar-refractivity contribution is 0.0366. The third kappa shape index (κ3) is 2.22. The number of rotatable bonds is 2. The third-order valence-electron chi connectivity index (χ3n) is 3.52. The summed E-state index contributed by atoms with van der Waals surface area (Å²) in [5.41, 5.74) is 0. The third-order valence-corrected chi connectivity index (χ3v) is 3.52. The summed E-state index contributed by atoms with van der Waals surface area (Å²) in [7, 11) is 0. The first-order valence-corrected chi connectivity index (χ1v) is 5.33. The van der Waals surface area contributed by atoms with Gasteiger partial charge in [-0.2, -0.15) is 0 Å². The summed E-state index contributed by atoms with van der Waals surface area (Å²) in [5, 5.41) is 9.59. The van der Waals surface area contributed by atoms with Gasteiger partial charge in [0, 0.05) is 0 Å². The molecule has 0 aromatic heterocycles. The maximum Gasteiger partial charge on any atom is 0.0545 e. The highest BCUT2D eigenvalue weighted by Gasteiger charge is 2.30. The fraction of sp³-hybridized carbons (Fsp3) is 1.00. The first-order chi connectivity index (χ1) is 5.65. The molecule has 1 nitrogen and oxygen atoms in total. The number of aliphatic hydroxyl groups excluding tert-OH is 1. The van der Waals surface area contributed by atoms with E-state index in [0.717, 1.165) is 24.7 Å². The van der Waals surface area contributed by atoms with E-state index in [1.54, 1.807) is 0 Å². The molecule has 1 N–H and O–H groups in total. The lowest BCUT2D eigenvalue weighted by Crippen LogP contribution is -2.32. The monoisotopic (exact) mass is 170 g/mol. The van der Waals surface area contributed by atoms with Gasteiger partial charge < -0.3 is 5.11 Å². The van der Waals surface area contributed by atoms with Gasteiger partial charge in [0.1, 0.15) is 0 Å². The topological polar surface area (TPSA) is 20.2 Å². The van der Waals surface area contributed by atoms with Gasteiger partial charge in [0.05, 0.1) is 6.10 Å². The summed E-state index contributed by atoms with van der Waals surface area (Å²) < 4.78 is 0. The van der Waals surface area contributed by atoms with Gasteiger partial charge in [-0.3, -0.25) is 0 Å². The van der Waals surface area contributed by atoms with E-state index in [2.05, 4.69) is 20.8 Å². The van der Waals surface area contributed by atoms with Crippen molar-refractivity contribution >= 4 is 0 Å². The SMILES string of the molecule is CCCC1CC(O)CC(C)C1C. The molecular weight excluding hydrogens is 148 g/mol. The van der Waals surface area contributed by atoms with Crippen LogP contribution in [-0.2, 0) is 0 Å². The molecule has 0 aromatic rings. The van der Waals surface area contributed by atoms with Gasteiger partial charge in [-0.15, -0.1) is 0 Å². The highest BCUT2D eigenvalue weighted by molar-refractivity contribution is 4.81. The van der Waals surface area contributed by atoms with Crippen molar-refractivity contribution in [2.75, 3.05) is 0 Å². The minimum Gasteiger partial charge on any atom is -0.393 e. The molecule has 0 aromatic carbocycles. The Bertz CT molecular complexity index is 133. The summed E-state index contributed by atoms with van der Waals surface area (Å²) in [6.07, 6.45) is 4.59. The lowest BCUT2D eigenvalue weighted by atomic mass is 9.71. The molecule has 72 valence electrons. The van der Waals surface area contributed by atoms with Crippen LogP contribution in [0.5, 0.6) is 0 Å². The van der Waals surface area contributed by atoms with Crippen LogP contribution in [0.4, 0.5) is 0 Å². The molecule has 4 atom stereocenters. The molecular formula is C11H22O. The van der Waals surface area contributed by atoms with Gasteiger partial charge in [0.25, 0.3) is 0 Å². The minimum atomic E-state index is -0.0206. The average molecular weight is 170 g/mol. The standard InChI is InChI=1S/C11H22O/c1-4-5-10-7-11(12)6-8(2)9(10)3/h8-12H,4-7H2,1-3H3. The highest BCUT2D eigenvalue weighted by atomic mass is 16.3. The van der Waals surface area contributed by atoms with Crippen molar-refractivity contribution in [3.63, 3.8) is 0 Å². The van der Waals surface area contributed by atoms with Crippen molar-refractivity contribution < 1.29 is 5.11 Å². The summed E-state index contributed by atoms with van der Waals surface area (Å²) in [6, 6.07) is 0. The van der Waals surface area contributed by atoms with Crippen LogP contribution in [0.2, 0.25) is 0 Å². The Labute approximate surface area is 76.2 Å². The predicted molar refractivity (Wildman–Crippen MR) is 52.0 cm³/mol. The Kier molecular flexibility index (Phi) is 3.57. The zero-order valence-electron chi connectivity index (χ0n) is 8.59. The fourth-order valence-electron chi connectivity index (χ4n) is 2.52. The van der Waals surface area contributed by atoms with E-state index < -0.39 is 0 Å². The van der Waals surface area contributed by atoms with Crippen molar-refractivity contribution in [2.24, 2.45) is 17.8 Å². The quantitative estimate of drug-likeness (QED) is 0.675. The number of aliphatic hydroxyl groups is 1. The lowest BCUT2D eigenvalue weighted by Gasteiger charge is -2.36. The number of hydrogen-bond acceptors (Lipinski definition) is 1. The van der Waals surface area contributed by atoms with E-state index in [1.807, 2.05) is 0 Å². The van der Waals surface area contributed by atoms with Gasteiger partial charge in [-0.1, -0.05) is 33.6 Å². The highest BCUT2D eigenvalue weighted by Crippen LogP contribution is 2.36. The molecule has 1 fully saturated rings. The molecule has 0 aliphatic heterocycles. The molecule has 0 saturated heterocycles. The summed E-state index contributed by atoms with van der Waals surface area (Å²) in [6.45, 7) is 6.85. The smallest absolute Gasteiger partial charge is 0.0545 e. The summed E-state index contributed by atoms with van der Waals surface area (Å²) in [4.78, 5) is 0. The van der Waals surface area contributed by atoms with Gasteiger partial charge >= 0.3 is 0 Å². The molecule has 1 saturated carbocycles.